The number of para-hydroxylation sites is 1. The Balaban J connectivity index is 1.89. The molecule has 1 N–H and O–H groups in total. The molecule has 0 aliphatic heterocycles. The highest BCUT2D eigenvalue weighted by Gasteiger charge is 2.10. The van der Waals surface area contributed by atoms with Crippen LogP contribution in [0.15, 0.2) is 63.4 Å². The van der Waals surface area contributed by atoms with Gasteiger partial charge < -0.3 is 0 Å². The summed E-state index contributed by atoms with van der Waals surface area (Å²) in [5.41, 5.74) is 3.85. The zero-order valence-electron chi connectivity index (χ0n) is 12.4. The van der Waals surface area contributed by atoms with Gasteiger partial charge in [-0.25, -0.2) is 0 Å². The van der Waals surface area contributed by atoms with E-state index in [2.05, 4.69) is 26.2 Å². The van der Waals surface area contributed by atoms with E-state index in [4.69, 9.17) is 0 Å². The van der Waals surface area contributed by atoms with Crippen molar-refractivity contribution >= 4 is 23.7 Å². The van der Waals surface area contributed by atoms with Crippen molar-refractivity contribution < 1.29 is 0 Å². The molecular weight excluding hydrogens is 292 g/mol. The van der Waals surface area contributed by atoms with Crippen molar-refractivity contribution in [2.24, 2.45) is 4.99 Å². The summed E-state index contributed by atoms with van der Waals surface area (Å²) >= 11 is 1.68. The molecule has 0 unspecified atom stereocenters. The molecule has 0 atom stereocenters. The highest BCUT2D eigenvalue weighted by atomic mass is 32.2. The highest BCUT2D eigenvalue weighted by molar-refractivity contribution is 7.99. The van der Waals surface area contributed by atoms with Gasteiger partial charge in [-0.05, 0) is 38.1 Å². The molecule has 0 aliphatic carbocycles. The number of aliphatic imine (C=N–C) groups is 1. The molecular formula is C17H16N4S. The van der Waals surface area contributed by atoms with E-state index in [0.29, 0.717) is 0 Å². The highest BCUT2D eigenvalue weighted by Crippen LogP contribution is 2.37. The van der Waals surface area contributed by atoms with E-state index in [1.165, 1.54) is 0 Å². The topological polar surface area (TPSA) is 53.9 Å². The number of H-pyrrole nitrogens is 1. The average molecular weight is 308 g/mol. The number of benzene rings is 1. The van der Waals surface area contributed by atoms with Crippen LogP contribution in [0.2, 0.25) is 0 Å². The molecule has 3 rings (SSSR count). The van der Waals surface area contributed by atoms with Gasteiger partial charge in [0.2, 0.25) is 0 Å². The number of nitrogens with zero attached hydrogens (tertiary/aromatic N) is 3. The average Bonchev–Trinajstić information content (AvgIpc) is 2.87. The second-order valence-electron chi connectivity index (χ2n) is 4.85. The molecule has 5 heteroatoms. The summed E-state index contributed by atoms with van der Waals surface area (Å²) in [6.45, 7) is 4.04. The van der Waals surface area contributed by atoms with Crippen LogP contribution in [-0.4, -0.2) is 21.4 Å². The van der Waals surface area contributed by atoms with Crippen LogP contribution in [0, 0.1) is 13.8 Å². The van der Waals surface area contributed by atoms with Crippen LogP contribution in [0.25, 0.3) is 0 Å². The molecule has 2 aromatic heterocycles. The second kappa shape index (κ2) is 6.58. The van der Waals surface area contributed by atoms with Crippen LogP contribution in [0.5, 0.6) is 0 Å². The number of hydrogen-bond donors (Lipinski definition) is 1. The van der Waals surface area contributed by atoms with Gasteiger partial charge in [0.1, 0.15) is 0 Å². The lowest BCUT2D eigenvalue weighted by atomic mass is 10.3. The van der Waals surface area contributed by atoms with Crippen LogP contribution in [-0.2, 0) is 0 Å². The van der Waals surface area contributed by atoms with Crippen molar-refractivity contribution in [2.75, 3.05) is 0 Å². The number of aryl methyl sites for hydroxylation is 2. The summed E-state index contributed by atoms with van der Waals surface area (Å²) in [7, 11) is 0. The summed E-state index contributed by atoms with van der Waals surface area (Å²) in [6, 6.07) is 13.9. The molecule has 0 saturated carbocycles. The zero-order valence-corrected chi connectivity index (χ0v) is 13.3. The Morgan fingerprint density at radius 1 is 1.09 bits per heavy atom. The molecule has 2 heterocycles. The third-order valence-electron chi connectivity index (χ3n) is 3.16. The fourth-order valence-corrected chi connectivity index (χ4v) is 3.02. The smallest absolute Gasteiger partial charge is 0.0812 e. The van der Waals surface area contributed by atoms with Crippen molar-refractivity contribution in [3.63, 3.8) is 0 Å². The molecule has 4 nitrogen and oxygen atoms in total. The normalized spacial score (nSPS) is 11.2. The van der Waals surface area contributed by atoms with Crippen molar-refractivity contribution in [2.45, 2.75) is 23.6 Å². The Kier molecular flexibility index (Phi) is 4.34. The van der Waals surface area contributed by atoms with Crippen molar-refractivity contribution in [3.05, 3.63) is 65.7 Å². The fourth-order valence-electron chi connectivity index (χ4n) is 2.04. The molecule has 0 radical (unpaired) electrons. The number of nitrogens with one attached hydrogen (secondary N) is 1. The molecule has 1 aromatic carbocycles. The first-order chi connectivity index (χ1) is 10.7. The predicted octanol–water partition coefficient (Wildman–Crippen LogP) is 4.32. The predicted molar refractivity (Wildman–Crippen MR) is 90.1 cm³/mol. The monoisotopic (exact) mass is 308 g/mol. The van der Waals surface area contributed by atoms with E-state index in [1.54, 1.807) is 24.2 Å². The van der Waals surface area contributed by atoms with E-state index < -0.39 is 0 Å². The van der Waals surface area contributed by atoms with Gasteiger partial charge in [0, 0.05) is 16.8 Å². The van der Waals surface area contributed by atoms with Gasteiger partial charge in [0.15, 0.2) is 0 Å². The summed E-state index contributed by atoms with van der Waals surface area (Å²) < 4.78 is 0. The minimum atomic E-state index is 0.845. The first-order valence-corrected chi connectivity index (χ1v) is 7.79. The van der Waals surface area contributed by atoms with Crippen LogP contribution < -0.4 is 0 Å². The quantitative estimate of drug-likeness (QED) is 0.730. The third-order valence-corrected chi connectivity index (χ3v) is 4.53. The lowest BCUT2D eigenvalue weighted by Gasteiger charge is -2.05. The number of hydrogen-bond acceptors (Lipinski definition) is 4. The van der Waals surface area contributed by atoms with E-state index in [1.807, 2.05) is 50.2 Å². The van der Waals surface area contributed by atoms with Crippen molar-refractivity contribution in [3.8, 4) is 0 Å². The number of aromatic nitrogens is 3. The maximum atomic E-state index is 4.58. The summed E-state index contributed by atoms with van der Waals surface area (Å²) in [5.74, 6) is 0. The molecule has 0 spiro atoms. The Bertz CT molecular complexity index is 774. The summed E-state index contributed by atoms with van der Waals surface area (Å²) in [4.78, 5) is 11.1. The molecule has 0 fully saturated rings. The number of pyridine rings is 1. The molecule has 22 heavy (non-hydrogen) atoms. The van der Waals surface area contributed by atoms with E-state index in [9.17, 15) is 0 Å². The minimum absolute atomic E-state index is 0.845. The van der Waals surface area contributed by atoms with Gasteiger partial charge in [-0.3, -0.25) is 15.1 Å². The summed E-state index contributed by atoms with van der Waals surface area (Å²) in [5, 5.41) is 7.26. The van der Waals surface area contributed by atoms with Gasteiger partial charge in [0.05, 0.1) is 28.2 Å². The van der Waals surface area contributed by atoms with Crippen LogP contribution >= 0.6 is 11.8 Å². The van der Waals surface area contributed by atoms with E-state index in [0.717, 1.165) is 32.6 Å². The SMILES string of the molecule is Cc1n[nH]c(C)c1Sc1ccccc1N=Cc1ccccn1. The van der Waals surface area contributed by atoms with Crippen LogP contribution in [0.3, 0.4) is 0 Å². The van der Waals surface area contributed by atoms with Gasteiger partial charge in [-0.2, -0.15) is 5.10 Å². The largest absolute Gasteiger partial charge is 0.281 e. The third kappa shape index (κ3) is 3.26. The lowest BCUT2D eigenvalue weighted by Crippen LogP contribution is -1.85. The Morgan fingerprint density at radius 3 is 2.64 bits per heavy atom. The number of aromatic amines is 1. The molecule has 0 bridgehead atoms. The zero-order chi connectivity index (χ0) is 15.4. The first-order valence-electron chi connectivity index (χ1n) is 6.97. The molecule has 0 amide bonds. The van der Waals surface area contributed by atoms with Gasteiger partial charge in [-0.1, -0.05) is 30.0 Å². The minimum Gasteiger partial charge on any atom is -0.281 e. The van der Waals surface area contributed by atoms with Crippen molar-refractivity contribution in [1.29, 1.82) is 0 Å². The van der Waals surface area contributed by atoms with Crippen molar-refractivity contribution in [1.82, 2.24) is 15.2 Å². The Morgan fingerprint density at radius 2 is 1.91 bits per heavy atom. The molecule has 110 valence electrons. The second-order valence-corrected chi connectivity index (χ2v) is 5.90. The summed E-state index contributed by atoms with van der Waals surface area (Å²) in [6.07, 6.45) is 3.55. The van der Waals surface area contributed by atoms with Crippen LogP contribution in [0.1, 0.15) is 17.1 Å². The standard InChI is InChI=1S/C17H16N4S/c1-12-17(13(2)21-20-12)22-16-9-4-3-8-15(16)19-11-14-7-5-6-10-18-14/h3-11H,1-2H3,(H,20,21). The van der Waals surface area contributed by atoms with Gasteiger partial charge >= 0.3 is 0 Å². The molecule has 3 aromatic rings. The number of rotatable bonds is 4. The van der Waals surface area contributed by atoms with Crippen LogP contribution in [0.4, 0.5) is 5.69 Å². The molecule has 0 saturated heterocycles. The maximum absolute atomic E-state index is 4.58. The Hall–Kier alpha value is -2.40. The van der Waals surface area contributed by atoms with Gasteiger partial charge in [-0.15, -0.1) is 0 Å². The molecule has 0 aliphatic rings. The van der Waals surface area contributed by atoms with E-state index in [-0.39, 0.29) is 0 Å². The van der Waals surface area contributed by atoms with E-state index >= 15 is 0 Å². The fraction of sp³-hybridized carbons (Fsp3) is 0.118. The lowest BCUT2D eigenvalue weighted by molar-refractivity contribution is 1.02. The Labute approximate surface area is 133 Å². The van der Waals surface area contributed by atoms with Gasteiger partial charge in [0.25, 0.3) is 0 Å². The maximum Gasteiger partial charge on any atom is 0.0812 e. The first kappa shape index (κ1) is 14.5.